The second-order valence-corrected chi connectivity index (χ2v) is 5.82. The fourth-order valence-electron chi connectivity index (χ4n) is 2.27. The van der Waals surface area contributed by atoms with E-state index in [1.807, 2.05) is 41.8 Å². The Kier molecular flexibility index (Phi) is 3.95. The molecule has 1 nitrogen and oxygen atoms in total. The van der Waals surface area contributed by atoms with Gasteiger partial charge in [-0.3, -0.25) is 0 Å². The van der Waals surface area contributed by atoms with Crippen molar-refractivity contribution in [1.82, 2.24) is 0 Å². The van der Waals surface area contributed by atoms with Gasteiger partial charge in [0.05, 0.1) is 6.10 Å². The fraction of sp³-hybridized carbons (Fsp3) is 0.111. The third-order valence-corrected chi connectivity index (χ3v) is 4.28. The number of hydrogen-bond acceptors (Lipinski definition) is 2. The van der Waals surface area contributed by atoms with Gasteiger partial charge in [0.1, 0.15) is 0 Å². The largest absolute Gasteiger partial charge is 0.388 e. The van der Waals surface area contributed by atoms with Crippen LogP contribution in [0.15, 0.2) is 72.1 Å². The Bertz CT molecular complexity index is 642. The first-order chi connectivity index (χ1) is 9.83. The van der Waals surface area contributed by atoms with Crippen molar-refractivity contribution in [3.05, 3.63) is 82.6 Å². The Morgan fingerprint density at radius 2 is 1.50 bits per heavy atom. The highest BCUT2D eigenvalue weighted by Gasteiger charge is 2.09. The minimum absolute atomic E-state index is 0.432. The normalized spacial score (nSPS) is 12.2. The summed E-state index contributed by atoms with van der Waals surface area (Å²) in [6.07, 6.45) is 0.251. The van der Waals surface area contributed by atoms with E-state index in [1.165, 1.54) is 16.0 Å². The third kappa shape index (κ3) is 2.98. The molecule has 0 aliphatic rings. The van der Waals surface area contributed by atoms with Crippen LogP contribution in [0.1, 0.15) is 16.5 Å². The number of aliphatic hydroxyl groups excluding tert-OH is 1. The fourth-order valence-corrected chi connectivity index (χ4v) is 3.01. The van der Waals surface area contributed by atoms with Crippen molar-refractivity contribution in [2.75, 3.05) is 0 Å². The van der Waals surface area contributed by atoms with Crippen LogP contribution in [0.3, 0.4) is 0 Å². The lowest BCUT2D eigenvalue weighted by atomic mass is 10.0. The third-order valence-electron chi connectivity index (χ3n) is 3.38. The van der Waals surface area contributed by atoms with E-state index in [2.05, 4.69) is 30.3 Å². The van der Waals surface area contributed by atoms with E-state index in [-0.39, 0.29) is 0 Å². The van der Waals surface area contributed by atoms with Gasteiger partial charge in [-0.2, -0.15) is 0 Å². The van der Waals surface area contributed by atoms with Crippen molar-refractivity contribution in [2.24, 2.45) is 0 Å². The predicted molar refractivity (Wildman–Crippen MR) is 84.9 cm³/mol. The van der Waals surface area contributed by atoms with Gasteiger partial charge in [-0.25, -0.2) is 0 Å². The Labute approximate surface area is 123 Å². The summed E-state index contributed by atoms with van der Waals surface area (Å²) in [7, 11) is 0. The van der Waals surface area contributed by atoms with Crippen LogP contribution in [-0.2, 0) is 6.42 Å². The maximum Gasteiger partial charge on any atom is 0.0838 e. The molecule has 0 aliphatic carbocycles. The van der Waals surface area contributed by atoms with Gasteiger partial charge >= 0.3 is 0 Å². The van der Waals surface area contributed by atoms with Crippen molar-refractivity contribution >= 4 is 11.3 Å². The topological polar surface area (TPSA) is 20.2 Å². The lowest BCUT2D eigenvalue weighted by Crippen LogP contribution is -2.00. The monoisotopic (exact) mass is 280 g/mol. The van der Waals surface area contributed by atoms with Gasteiger partial charge in [0.2, 0.25) is 0 Å². The number of rotatable bonds is 4. The van der Waals surface area contributed by atoms with Gasteiger partial charge in [-0.1, -0.05) is 60.7 Å². The van der Waals surface area contributed by atoms with Crippen molar-refractivity contribution in [3.63, 3.8) is 0 Å². The quantitative estimate of drug-likeness (QED) is 0.735. The molecule has 1 unspecified atom stereocenters. The molecular weight excluding hydrogens is 264 g/mol. The number of aliphatic hydroxyl groups is 1. The molecule has 0 radical (unpaired) electrons. The van der Waals surface area contributed by atoms with Crippen LogP contribution < -0.4 is 0 Å². The minimum atomic E-state index is -0.432. The summed E-state index contributed by atoms with van der Waals surface area (Å²) < 4.78 is 0. The molecule has 0 fully saturated rings. The first kappa shape index (κ1) is 13.1. The van der Waals surface area contributed by atoms with Crippen molar-refractivity contribution < 1.29 is 5.11 Å². The average molecular weight is 280 g/mol. The number of benzene rings is 2. The lowest BCUT2D eigenvalue weighted by Gasteiger charge is -2.10. The molecule has 2 heteroatoms. The van der Waals surface area contributed by atoms with Gasteiger partial charge in [0, 0.05) is 11.3 Å². The van der Waals surface area contributed by atoms with Crippen LogP contribution in [0.25, 0.3) is 11.1 Å². The molecule has 0 amide bonds. The van der Waals surface area contributed by atoms with Crippen LogP contribution in [0.2, 0.25) is 0 Å². The van der Waals surface area contributed by atoms with Crippen LogP contribution in [0.5, 0.6) is 0 Å². The molecule has 20 heavy (non-hydrogen) atoms. The van der Waals surface area contributed by atoms with Crippen molar-refractivity contribution in [3.8, 4) is 11.1 Å². The van der Waals surface area contributed by atoms with Crippen molar-refractivity contribution in [2.45, 2.75) is 12.5 Å². The Balaban J connectivity index is 1.76. The molecule has 100 valence electrons. The molecule has 0 saturated heterocycles. The summed E-state index contributed by atoms with van der Waals surface area (Å²) in [5.74, 6) is 0. The summed E-state index contributed by atoms with van der Waals surface area (Å²) in [5.41, 5.74) is 3.35. The second-order valence-electron chi connectivity index (χ2n) is 4.79. The Hall–Kier alpha value is -1.90. The molecular formula is C18H16OS. The van der Waals surface area contributed by atoms with Gasteiger partial charge in [0.15, 0.2) is 0 Å². The van der Waals surface area contributed by atoms with Crippen LogP contribution in [-0.4, -0.2) is 5.11 Å². The van der Waals surface area contributed by atoms with E-state index in [9.17, 15) is 5.11 Å². The van der Waals surface area contributed by atoms with Gasteiger partial charge in [-0.05, 0) is 28.1 Å². The molecule has 3 rings (SSSR count). The van der Waals surface area contributed by atoms with Crippen LogP contribution in [0, 0.1) is 0 Å². The molecule has 1 heterocycles. The molecule has 1 atom stereocenters. The highest BCUT2D eigenvalue weighted by atomic mass is 32.1. The van der Waals surface area contributed by atoms with Crippen LogP contribution in [0.4, 0.5) is 0 Å². The minimum Gasteiger partial charge on any atom is -0.388 e. The molecule has 0 aliphatic heterocycles. The molecule has 2 aromatic carbocycles. The Morgan fingerprint density at radius 1 is 0.800 bits per heavy atom. The maximum atomic E-state index is 10.3. The van der Waals surface area contributed by atoms with Crippen LogP contribution >= 0.6 is 11.3 Å². The first-order valence-electron chi connectivity index (χ1n) is 6.69. The van der Waals surface area contributed by atoms with E-state index in [0.29, 0.717) is 6.42 Å². The second kappa shape index (κ2) is 6.04. The molecule has 0 bridgehead atoms. The highest BCUT2D eigenvalue weighted by molar-refractivity contribution is 7.09. The van der Waals surface area contributed by atoms with E-state index in [1.54, 1.807) is 11.3 Å². The average Bonchev–Trinajstić information content (AvgIpc) is 3.01. The van der Waals surface area contributed by atoms with E-state index in [0.717, 1.165) is 5.56 Å². The first-order valence-corrected chi connectivity index (χ1v) is 7.57. The van der Waals surface area contributed by atoms with Gasteiger partial charge in [0.25, 0.3) is 0 Å². The zero-order valence-corrected chi connectivity index (χ0v) is 11.9. The molecule has 0 saturated carbocycles. The zero-order valence-electron chi connectivity index (χ0n) is 11.1. The van der Waals surface area contributed by atoms with Gasteiger partial charge in [-0.15, -0.1) is 11.3 Å². The zero-order chi connectivity index (χ0) is 13.8. The maximum absolute atomic E-state index is 10.3. The summed E-state index contributed by atoms with van der Waals surface area (Å²) in [6, 6.07) is 22.5. The summed E-state index contributed by atoms with van der Waals surface area (Å²) >= 11 is 1.69. The molecule has 3 aromatic rings. The Morgan fingerprint density at radius 3 is 2.15 bits per heavy atom. The molecule has 0 spiro atoms. The van der Waals surface area contributed by atoms with E-state index in [4.69, 9.17) is 0 Å². The highest BCUT2D eigenvalue weighted by Crippen LogP contribution is 2.24. The summed E-state index contributed by atoms with van der Waals surface area (Å²) in [6.45, 7) is 0. The lowest BCUT2D eigenvalue weighted by molar-refractivity contribution is 0.179. The molecule has 1 aromatic heterocycles. The summed E-state index contributed by atoms with van der Waals surface area (Å²) in [5, 5.41) is 12.3. The van der Waals surface area contributed by atoms with Gasteiger partial charge < -0.3 is 5.11 Å². The number of thiophene rings is 1. The standard InChI is InChI=1S/C18H16OS/c19-18(13-17-7-4-12-20-17)16-10-8-15(9-11-16)14-5-2-1-3-6-14/h1-12,18-19H,13H2. The van der Waals surface area contributed by atoms with E-state index >= 15 is 0 Å². The predicted octanol–water partition coefficient (Wildman–Crippen LogP) is 4.69. The smallest absolute Gasteiger partial charge is 0.0838 e. The number of hydrogen-bond donors (Lipinski definition) is 1. The SMILES string of the molecule is OC(Cc1cccs1)c1ccc(-c2ccccc2)cc1. The summed E-state index contributed by atoms with van der Waals surface area (Å²) in [4.78, 5) is 1.21. The van der Waals surface area contributed by atoms with Crippen molar-refractivity contribution in [1.29, 1.82) is 0 Å². The van der Waals surface area contributed by atoms with E-state index < -0.39 is 6.10 Å². The molecule has 1 N–H and O–H groups in total.